The van der Waals surface area contributed by atoms with Gasteiger partial charge in [0.1, 0.15) is 6.54 Å². The lowest BCUT2D eigenvalue weighted by molar-refractivity contribution is -0.885. The predicted molar refractivity (Wildman–Crippen MR) is 98.3 cm³/mol. The van der Waals surface area contributed by atoms with Gasteiger partial charge in [-0.3, -0.25) is 4.79 Å². The molecule has 5 nitrogen and oxygen atoms in total. The second kappa shape index (κ2) is 8.85. The molecule has 7 heteroatoms. The quantitative estimate of drug-likeness (QED) is 0.755. The summed E-state index contributed by atoms with van der Waals surface area (Å²) < 4.78 is 4.72. The average Bonchev–Trinajstić information content (AvgIpc) is 2.57. The van der Waals surface area contributed by atoms with E-state index >= 15 is 0 Å². The molecule has 1 unspecified atom stereocenters. The highest BCUT2D eigenvalue weighted by atomic mass is 35.5. The maximum absolute atomic E-state index is 12.3. The van der Waals surface area contributed by atoms with Crippen LogP contribution >= 0.6 is 23.2 Å². The van der Waals surface area contributed by atoms with E-state index in [1.807, 2.05) is 13.1 Å². The van der Waals surface area contributed by atoms with Crippen LogP contribution in [-0.2, 0) is 16.1 Å². The smallest absolute Gasteiger partial charge is 0.339 e. The highest BCUT2D eigenvalue weighted by Crippen LogP contribution is 2.22. The third-order valence-corrected chi connectivity index (χ3v) is 4.30. The van der Waals surface area contributed by atoms with Gasteiger partial charge in [-0.05, 0) is 24.3 Å². The first-order chi connectivity index (χ1) is 11.9. The number of halogens is 2. The number of rotatable bonds is 6. The molecule has 25 heavy (non-hydrogen) atoms. The van der Waals surface area contributed by atoms with E-state index in [-0.39, 0.29) is 12.5 Å². The van der Waals surface area contributed by atoms with Crippen LogP contribution in [0.1, 0.15) is 15.9 Å². The van der Waals surface area contributed by atoms with E-state index in [4.69, 9.17) is 27.9 Å². The molecular weight excluding hydrogens is 363 g/mol. The predicted octanol–water partition coefficient (Wildman–Crippen LogP) is 2.43. The van der Waals surface area contributed by atoms with Crippen molar-refractivity contribution in [3.05, 3.63) is 63.6 Å². The van der Waals surface area contributed by atoms with E-state index in [0.717, 1.165) is 10.5 Å². The summed E-state index contributed by atoms with van der Waals surface area (Å²) in [5.41, 5.74) is 1.73. The molecule has 0 radical (unpaired) electrons. The molecule has 0 saturated carbocycles. The Kier molecular flexibility index (Phi) is 6.82. The molecule has 0 spiro atoms. The van der Waals surface area contributed by atoms with Crippen molar-refractivity contribution in [2.75, 3.05) is 26.0 Å². The molecule has 0 bridgehead atoms. The number of carbonyl (C=O) groups is 2. The number of carbonyl (C=O) groups excluding carboxylic acids is 2. The number of ether oxygens (including phenoxy) is 1. The van der Waals surface area contributed by atoms with Crippen LogP contribution in [0.4, 0.5) is 5.69 Å². The van der Waals surface area contributed by atoms with Crippen LogP contribution in [0.2, 0.25) is 10.0 Å². The molecule has 0 fully saturated rings. The van der Waals surface area contributed by atoms with Gasteiger partial charge in [-0.1, -0.05) is 41.4 Å². The molecule has 2 rings (SSSR count). The fraction of sp³-hybridized carbons (Fsp3) is 0.222. The van der Waals surface area contributed by atoms with Crippen LogP contribution < -0.4 is 10.2 Å². The average molecular weight is 382 g/mol. The maximum atomic E-state index is 12.3. The van der Waals surface area contributed by atoms with Gasteiger partial charge in [0.25, 0.3) is 5.91 Å². The molecule has 0 aromatic heterocycles. The third-order valence-electron chi connectivity index (χ3n) is 3.56. The second-order valence-corrected chi connectivity index (χ2v) is 6.46. The highest BCUT2D eigenvalue weighted by Gasteiger charge is 2.16. The molecule has 1 amide bonds. The Morgan fingerprint density at radius 3 is 2.52 bits per heavy atom. The van der Waals surface area contributed by atoms with Crippen molar-refractivity contribution in [1.82, 2.24) is 0 Å². The van der Waals surface area contributed by atoms with Crippen molar-refractivity contribution >= 4 is 40.8 Å². The summed E-state index contributed by atoms with van der Waals surface area (Å²) in [7, 11) is 3.20. The number of hydrogen-bond donors (Lipinski definition) is 2. The zero-order valence-corrected chi connectivity index (χ0v) is 15.4. The van der Waals surface area contributed by atoms with Gasteiger partial charge in [0.05, 0.1) is 35.5 Å². The van der Waals surface area contributed by atoms with Crippen molar-refractivity contribution in [2.24, 2.45) is 0 Å². The summed E-state index contributed by atoms with van der Waals surface area (Å²) in [6, 6.07) is 12.1. The summed E-state index contributed by atoms with van der Waals surface area (Å²) in [6.07, 6.45) is 0. The van der Waals surface area contributed by atoms with Gasteiger partial charge in [0.15, 0.2) is 6.54 Å². The highest BCUT2D eigenvalue weighted by molar-refractivity contribution is 6.42. The Balaban J connectivity index is 1.98. The molecule has 0 aliphatic carbocycles. The Morgan fingerprint density at radius 2 is 1.84 bits per heavy atom. The standard InChI is InChI=1S/C18H18Cl2N2O3/c1-22(10-12-7-8-14(19)15(20)9-12)11-17(23)21-16-6-4-3-5-13(16)18(24)25-2/h3-9H,10-11H2,1-2H3,(H,21,23)/p+1. The number of esters is 1. The zero-order chi connectivity index (χ0) is 18.4. The van der Waals surface area contributed by atoms with Gasteiger partial charge in [0.2, 0.25) is 0 Å². The Morgan fingerprint density at radius 1 is 1.12 bits per heavy atom. The number of para-hydroxylation sites is 1. The monoisotopic (exact) mass is 381 g/mol. The van der Waals surface area contributed by atoms with E-state index in [9.17, 15) is 9.59 Å². The fourth-order valence-electron chi connectivity index (χ4n) is 2.41. The molecule has 132 valence electrons. The minimum Gasteiger partial charge on any atom is -0.465 e. The largest absolute Gasteiger partial charge is 0.465 e. The van der Waals surface area contributed by atoms with Gasteiger partial charge in [0, 0.05) is 5.56 Å². The number of methoxy groups -OCH3 is 1. The van der Waals surface area contributed by atoms with Crippen LogP contribution in [0.25, 0.3) is 0 Å². The number of quaternary nitrogens is 1. The molecule has 0 heterocycles. The molecule has 0 aliphatic heterocycles. The first-order valence-electron chi connectivity index (χ1n) is 7.63. The minimum absolute atomic E-state index is 0.200. The number of anilines is 1. The van der Waals surface area contributed by atoms with Gasteiger partial charge in [-0.25, -0.2) is 4.79 Å². The van der Waals surface area contributed by atoms with E-state index in [0.29, 0.717) is 27.8 Å². The number of amides is 1. The molecule has 0 saturated heterocycles. The zero-order valence-electron chi connectivity index (χ0n) is 13.9. The third kappa shape index (κ3) is 5.46. The summed E-state index contributed by atoms with van der Waals surface area (Å²) in [4.78, 5) is 25.0. The SMILES string of the molecule is COC(=O)c1ccccc1NC(=O)C[NH+](C)Cc1ccc(Cl)c(Cl)c1. The van der Waals surface area contributed by atoms with Crippen LogP contribution in [0.5, 0.6) is 0 Å². The number of likely N-dealkylation sites (N-methyl/N-ethyl adjacent to an activating group) is 1. The molecule has 1 atom stereocenters. The lowest BCUT2D eigenvalue weighted by Crippen LogP contribution is -3.08. The van der Waals surface area contributed by atoms with E-state index in [1.165, 1.54) is 7.11 Å². The topological polar surface area (TPSA) is 59.8 Å². The van der Waals surface area contributed by atoms with Crippen LogP contribution in [0.3, 0.4) is 0 Å². The molecule has 2 aromatic carbocycles. The van der Waals surface area contributed by atoms with Crippen molar-refractivity contribution in [2.45, 2.75) is 6.54 Å². The summed E-state index contributed by atoms with van der Waals surface area (Å²) >= 11 is 11.9. The Hall–Kier alpha value is -2.08. The van der Waals surface area contributed by atoms with Crippen molar-refractivity contribution in [3.8, 4) is 0 Å². The lowest BCUT2D eigenvalue weighted by atomic mass is 10.2. The van der Waals surface area contributed by atoms with E-state index < -0.39 is 5.97 Å². The van der Waals surface area contributed by atoms with Crippen LogP contribution in [0.15, 0.2) is 42.5 Å². The van der Waals surface area contributed by atoms with Crippen molar-refractivity contribution < 1.29 is 19.2 Å². The Bertz CT molecular complexity index is 781. The van der Waals surface area contributed by atoms with E-state index in [1.54, 1.807) is 36.4 Å². The van der Waals surface area contributed by atoms with Gasteiger partial charge in [-0.15, -0.1) is 0 Å². The van der Waals surface area contributed by atoms with Gasteiger partial charge >= 0.3 is 5.97 Å². The van der Waals surface area contributed by atoms with Crippen LogP contribution in [0, 0.1) is 0 Å². The first kappa shape index (κ1) is 19.2. The van der Waals surface area contributed by atoms with Crippen LogP contribution in [-0.4, -0.2) is 32.6 Å². The fourth-order valence-corrected chi connectivity index (χ4v) is 2.73. The lowest BCUT2D eigenvalue weighted by Gasteiger charge is -2.15. The first-order valence-corrected chi connectivity index (χ1v) is 8.38. The molecule has 2 N–H and O–H groups in total. The summed E-state index contributed by atoms with van der Waals surface area (Å²) in [5, 5.41) is 3.74. The normalized spacial score (nSPS) is 11.7. The second-order valence-electron chi connectivity index (χ2n) is 5.64. The Labute approximate surface area is 156 Å². The summed E-state index contributed by atoms with van der Waals surface area (Å²) in [5.74, 6) is -0.693. The minimum atomic E-state index is -0.493. The number of nitrogens with one attached hydrogen (secondary N) is 2. The van der Waals surface area contributed by atoms with Gasteiger partial charge < -0.3 is 15.0 Å². The van der Waals surface area contributed by atoms with Crippen molar-refractivity contribution in [1.29, 1.82) is 0 Å². The summed E-state index contributed by atoms with van der Waals surface area (Å²) in [6.45, 7) is 0.846. The number of hydrogen-bond acceptors (Lipinski definition) is 3. The number of benzene rings is 2. The maximum Gasteiger partial charge on any atom is 0.339 e. The van der Waals surface area contributed by atoms with Gasteiger partial charge in [-0.2, -0.15) is 0 Å². The molecule has 2 aromatic rings. The molecular formula is C18H19Cl2N2O3+. The molecule has 0 aliphatic rings. The van der Waals surface area contributed by atoms with Crippen molar-refractivity contribution in [3.63, 3.8) is 0 Å². The van der Waals surface area contributed by atoms with E-state index in [2.05, 4.69) is 5.32 Å².